The van der Waals surface area contributed by atoms with Gasteiger partial charge >= 0.3 is 0 Å². The minimum atomic E-state index is -0.372. The number of halogens is 1. The van der Waals surface area contributed by atoms with Crippen LogP contribution in [0.5, 0.6) is 5.75 Å². The molecule has 0 aliphatic heterocycles. The molecule has 1 amide bonds. The second kappa shape index (κ2) is 8.04. The number of aromatic nitrogens is 2. The molecular weight excluding hydrogens is 397 g/mol. The topological polar surface area (TPSA) is 64.1 Å². The molecule has 142 valence electrons. The van der Waals surface area contributed by atoms with Gasteiger partial charge in [-0.2, -0.15) is 0 Å². The molecule has 0 unspecified atom stereocenters. The Morgan fingerprint density at radius 3 is 2.68 bits per heavy atom. The molecule has 4 aromatic rings. The van der Waals surface area contributed by atoms with Gasteiger partial charge in [0.2, 0.25) is 5.13 Å². The second-order valence-electron chi connectivity index (χ2n) is 5.93. The molecule has 0 aliphatic carbocycles. The maximum absolute atomic E-state index is 14.5. The van der Waals surface area contributed by atoms with Gasteiger partial charge in [-0.3, -0.25) is 10.1 Å². The third-order valence-electron chi connectivity index (χ3n) is 4.09. The van der Waals surface area contributed by atoms with Crippen LogP contribution in [0.1, 0.15) is 27.2 Å². The average Bonchev–Trinajstić information content (AvgIpc) is 3.32. The number of thiophene rings is 1. The van der Waals surface area contributed by atoms with E-state index in [0.717, 1.165) is 11.4 Å². The summed E-state index contributed by atoms with van der Waals surface area (Å²) in [4.78, 5) is 13.3. The van der Waals surface area contributed by atoms with Crippen LogP contribution < -0.4 is 10.1 Å². The number of ether oxygens (including phenoxy) is 1. The third kappa shape index (κ3) is 3.74. The number of fused-ring (bicyclic) bond motifs is 1. The molecule has 28 heavy (non-hydrogen) atoms. The van der Waals surface area contributed by atoms with Gasteiger partial charge in [0.05, 0.1) is 0 Å². The quantitative estimate of drug-likeness (QED) is 0.467. The number of hydrogen-bond donors (Lipinski definition) is 1. The van der Waals surface area contributed by atoms with Gasteiger partial charge in [0.25, 0.3) is 5.91 Å². The van der Waals surface area contributed by atoms with Crippen LogP contribution in [0.3, 0.4) is 0 Å². The SMILES string of the molecule is CCc1nnc(NC(=O)c2sc3cccc(F)c3c2COc2ccccc2)s1. The lowest BCUT2D eigenvalue weighted by atomic mass is 10.1. The zero-order chi connectivity index (χ0) is 19.5. The summed E-state index contributed by atoms with van der Waals surface area (Å²) in [6.45, 7) is 2.06. The van der Waals surface area contributed by atoms with Gasteiger partial charge in [0.15, 0.2) is 0 Å². The van der Waals surface area contributed by atoms with Crippen LogP contribution >= 0.6 is 22.7 Å². The van der Waals surface area contributed by atoms with E-state index in [0.29, 0.717) is 31.4 Å². The van der Waals surface area contributed by atoms with E-state index in [1.165, 1.54) is 28.7 Å². The van der Waals surface area contributed by atoms with Gasteiger partial charge in [-0.1, -0.05) is 42.5 Å². The molecule has 0 radical (unpaired) electrons. The van der Waals surface area contributed by atoms with Crippen molar-refractivity contribution in [3.05, 3.63) is 69.8 Å². The predicted molar refractivity (Wildman–Crippen MR) is 110 cm³/mol. The van der Waals surface area contributed by atoms with Gasteiger partial charge in [0, 0.05) is 15.6 Å². The Bertz CT molecular complexity index is 1130. The van der Waals surface area contributed by atoms with E-state index in [4.69, 9.17) is 4.74 Å². The Morgan fingerprint density at radius 2 is 1.93 bits per heavy atom. The summed E-state index contributed by atoms with van der Waals surface area (Å²) in [6, 6.07) is 14.1. The molecule has 4 rings (SSSR count). The number of carbonyl (C=O) groups excluding carboxylic acids is 1. The molecule has 0 spiro atoms. The summed E-state index contributed by atoms with van der Waals surface area (Å²) in [7, 11) is 0. The molecule has 0 aliphatic rings. The zero-order valence-corrected chi connectivity index (χ0v) is 16.6. The zero-order valence-electron chi connectivity index (χ0n) is 14.9. The van der Waals surface area contributed by atoms with E-state index in [1.54, 1.807) is 12.1 Å². The van der Waals surface area contributed by atoms with E-state index in [-0.39, 0.29) is 18.3 Å². The molecule has 0 bridgehead atoms. The number of nitrogens with zero attached hydrogens (tertiary/aromatic N) is 2. The molecule has 2 aromatic carbocycles. The lowest BCUT2D eigenvalue weighted by Crippen LogP contribution is -2.13. The maximum atomic E-state index is 14.5. The standard InChI is InChI=1S/C20H16FN3O2S2/c1-2-16-23-24-20(28-16)22-19(25)18-13(11-26-12-7-4-3-5-8-12)17-14(21)9-6-10-15(17)27-18/h3-10H,2,11H2,1H3,(H,22,24,25). The van der Waals surface area contributed by atoms with Crippen molar-refractivity contribution in [1.29, 1.82) is 0 Å². The van der Waals surface area contributed by atoms with Crippen molar-refractivity contribution in [3.8, 4) is 5.75 Å². The number of nitrogens with one attached hydrogen (secondary N) is 1. The average molecular weight is 413 g/mol. The maximum Gasteiger partial charge on any atom is 0.268 e. The number of hydrogen-bond acceptors (Lipinski definition) is 6. The number of aryl methyl sites for hydroxylation is 1. The Labute approximate surface area is 168 Å². The first kappa shape index (κ1) is 18.5. The van der Waals surface area contributed by atoms with E-state index < -0.39 is 0 Å². The highest BCUT2D eigenvalue weighted by Gasteiger charge is 2.22. The van der Waals surface area contributed by atoms with Crippen molar-refractivity contribution in [1.82, 2.24) is 10.2 Å². The monoisotopic (exact) mass is 413 g/mol. The summed E-state index contributed by atoms with van der Waals surface area (Å²) >= 11 is 2.56. The molecule has 5 nitrogen and oxygen atoms in total. The van der Waals surface area contributed by atoms with Crippen LogP contribution in [0, 0.1) is 5.82 Å². The largest absolute Gasteiger partial charge is 0.489 e. The first-order valence-corrected chi connectivity index (χ1v) is 10.3. The molecule has 0 atom stereocenters. The number of para-hydroxylation sites is 1. The van der Waals surface area contributed by atoms with Crippen molar-refractivity contribution >= 4 is 43.8 Å². The Hall–Kier alpha value is -2.84. The van der Waals surface area contributed by atoms with Gasteiger partial charge in [-0.25, -0.2) is 4.39 Å². The minimum Gasteiger partial charge on any atom is -0.489 e. The van der Waals surface area contributed by atoms with Gasteiger partial charge < -0.3 is 4.74 Å². The molecular formula is C20H16FN3O2S2. The van der Waals surface area contributed by atoms with Crippen LogP contribution in [-0.4, -0.2) is 16.1 Å². The van der Waals surface area contributed by atoms with Gasteiger partial charge in [-0.15, -0.1) is 21.5 Å². The first-order valence-electron chi connectivity index (χ1n) is 8.67. The van der Waals surface area contributed by atoms with Crippen LogP contribution in [0.15, 0.2) is 48.5 Å². The summed E-state index contributed by atoms with van der Waals surface area (Å²) in [6.07, 6.45) is 0.748. The third-order valence-corrected chi connectivity index (χ3v) is 6.26. The van der Waals surface area contributed by atoms with Crippen molar-refractivity contribution in [2.24, 2.45) is 0 Å². The normalized spacial score (nSPS) is 10.9. The van der Waals surface area contributed by atoms with Crippen LogP contribution in [0.25, 0.3) is 10.1 Å². The molecule has 2 aromatic heterocycles. The fraction of sp³-hybridized carbons (Fsp3) is 0.150. The lowest BCUT2D eigenvalue weighted by Gasteiger charge is -2.08. The minimum absolute atomic E-state index is 0.0873. The summed E-state index contributed by atoms with van der Waals surface area (Å²) in [5.41, 5.74) is 0.527. The predicted octanol–water partition coefficient (Wildman–Crippen LogP) is 5.29. The molecule has 0 fully saturated rings. The van der Waals surface area contributed by atoms with E-state index in [9.17, 15) is 9.18 Å². The van der Waals surface area contributed by atoms with Crippen LogP contribution in [0.2, 0.25) is 0 Å². The second-order valence-corrected chi connectivity index (χ2v) is 8.05. The van der Waals surface area contributed by atoms with Crippen LogP contribution in [0.4, 0.5) is 9.52 Å². The van der Waals surface area contributed by atoms with Crippen molar-refractivity contribution in [2.75, 3.05) is 5.32 Å². The fourth-order valence-electron chi connectivity index (χ4n) is 2.76. The van der Waals surface area contributed by atoms with Crippen LogP contribution in [-0.2, 0) is 13.0 Å². The summed E-state index contributed by atoms with van der Waals surface area (Å²) < 4.78 is 21.0. The Kier molecular flexibility index (Phi) is 5.31. The molecule has 1 N–H and O–H groups in total. The number of amides is 1. The molecule has 8 heteroatoms. The smallest absolute Gasteiger partial charge is 0.268 e. The molecule has 0 saturated carbocycles. The Morgan fingerprint density at radius 1 is 1.11 bits per heavy atom. The van der Waals surface area contributed by atoms with Crippen molar-refractivity contribution in [2.45, 2.75) is 20.0 Å². The lowest BCUT2D eigenvalue weighted by molar-refractivity contribution is 0.102. The highest BCUT2D eigenvalue weighted by Crippen LogP contribution is 2.34. The van der Waals surface area contributed by atoms with Crippen molar-refractivity contribution < 1.29 is 13.9 Å². The Balaban J connectivity index is 1.68. The van der Waals surface area contributed by atoms with E-state index in [2.05, 4.69) is 15.5 Å². The van der Waals surface area contributed by atoms with Gasteiger partial charge in [-0.05, 0) is 30.7 Å². The molecule has 2 heterocycles. The highest BCUT2D eigenvalue weighted by molar-refractivity contribution is 7.21. The number of rotatable bonds is 6. The number of carbonyl (C=O) groups is 1. The van der Waals surface area contributed by atoms with E-state index in [1.807, 2.05) is 37.3 Å². The van der Waals surface area contributed by atoms with Gasteiger partial charge in [0.1, 0.15) is 28.1 Å². The highest BCUT2D eigenvalue weighted by atomic mass is 32.1. The molecule has 0 saturated heterocycles. The number of anilines is 1. The fourth-order valence-corrected chi connectivity index (χ4v) is 4.55. The van der Waals surface area contributed by atoms with Crippen molar-refractivity contribution in [3.63, 3.8) is 0 Å². The summed E-state index contributed by atoms with van der Waals surface area (Å²) in [5, 5.41) is 12.4. The summed E-state index contributed by atoms with van der Waals surface area (Å²) in [5.74, 6) is -0.0593. The first-order chi connectivity index (χ1) is 13.7. The number of benzene rings is 2. The van der Waals surface area contributed by atoms with E-state index >= 15 is 0 Å².